The Bertz CT molecular complexity index is 966. The number of carbonyl (C=O) groups excluding carboxylic acids is 1. The van der Waals surface area contributed by atoms with Crippen LogP contribution in [0, 0.1) is 17.6 Å². The molecule has 1 fully saturated rings. The number of piperidine rings is 1. The van der Waals surface area contributed by atoms with Crippen molar-refractivity contribution in [1.29, 1.82) is 0 Å². The minimum Gasteiger partial charge on any atom is -0.378 e. The number of nitrogens with zero attached hydrogens (tertiary/aromatic N) is 1. The summed E-state index contributed by atoms with van der Waals surface area (Å²) in [6.45, 7) is 1.34. The Hall–Kier alpha value is -3.21. The number of benzene rings is 3. The zero-order chi connectivity index (χ0) is 20.9. The predicted molar refractivity (Wildman–Crippen MR) is 114 cm³/mol. The van der Waals surface area contributed by atoms with Crippen molar-refractivity contribution in [3.8, 4) is 0 Å². The fourth-order valence-electron chi connectivity index (χ4n) is 4.07. The van der Waals surface area contributed by atoms with E-state index in [0.717, 1.165) is 24.1 Å². The van der Waals surface area contributed by atoms with Crippen LogP contribution in [-0.4, -0.2) is 23.9 Å². The Labute approximate surface area is 175 Å². The van der Waals surface area contributed by atoms with Gasteiger partial charge in [0.05, 0.1) is 6.04 Å². The summed E-state index contributed by atoms with van der Waals surface area (Å²) in [5.41, 5.74) is 2.50. The van der Waals surface area contributed by atoms with Gasteiger partial charge in [0.1, 0.15) is 11.6 Å². The molecular weight excluding hydrogens is 382 g/mol. The van der Waals surface area contributed by atoms with Crippen molar-refractivity contribution in [2.45, 2.75) is 18.9 Å². The molecule has 1 saturated heterocycles. The molecule has 1 aliphatic rings. The van der Waals surface area contributed by atoms with Crippen molar-refractivity contribution < 1.29 is 13.6 Å². The Morgan fingerprint density at radius 2 is 1.40 bits per heavy atom. The number of likely N-dealkylation sites (tertiary alicyclic amines) is 1. The molecule has 1 aliphatic heterocycles. The SMILES string of the molecule is O=C(c1ccccc1)N1CCC(C(Nc2ccc(F)cc2)c2ccc(F)cc2)CC1. The first-order valence-corrected chi connectivity index (χ1v) is 10.2. The maximum absolute atomic E-state index is 13.5. The van der Waals surface area contributed by atoms with Gasteiger partial charge in [0.15, 0.2) is 0 Å². The lowest BCUT2D eigenvalue weighted by atomic mass is 9.85. The topological polar surface area (TPSA) is 32.3 Å². The molecule has 1 N–H and O–H groups in total. The average Bonchev–Trinajstić information content (AvgIpc) is 2.80. The van der Waals surface area contributed by atoms with Gasteiger partial charge in [-0.05, 0) is 72.9 Å². The lowest BCUT2D eigenvalue weighted by molar-refractivity contribution is 0.0681. The van der Waals surface area contributed by atoms with Crippen LogP contribution in [-0.2, 0) is 0 Å². The number of nitrogens with one attached hydrogen (secondary N) is 1. The molecular formula is C25H24F2N2O. The van der Waals surface area contributed by atoms with E-state index < -0.39 is 0 Å². The van der Waals surface area contributed by atoms with E-state index in [4.69, 9.17) is 0 Å². The third-order valence-electron chi connectivity index (χ3n) is 5.71. The molecule has 0 aromatic heterocycles. The van der Waals surface area contributed by atoms with Crippen molar-refractivity contribution in [2.24, 2.45) is 5.92 Å². The fraction of sp³-hybridized carbons (Fsp3) is 0.240. The molecule has 0 saturated carbocycles. The van der Waals surface area contributed by atoms with E-state index in [-0.39, 0.29) is 29.5 Å². The zero-order valence-corrected chi connectivity index (χ0v) is 16.6. The number of carbonyl (C=O) groups is 1. The molecule has 30 heavy (non-hydrogen) atoms. The smallest absolute Gasteiger partial charge is 0.253 e. The van der Waals surface area contributed by atoms with Gasteiger partial charge in [-0.25, -0.2) is 8.78 Å². The summed E-state index contributed by atoms with van der Waals surface area (Å²) in [5.74, 6) is -0.242. The summed E-state index contributed by atoms with van der Waals surface area (Å²) in [6.07, 6.45) is 1.66. The fourth-order valence-corrected chi connectivity index (χ4v) is 4.07. The van der Waals surface area contributed by atoms with E-state index in [9.17, 15) is 13.6 Å². The molecule has 1 unspecified atom stereocenters. The van der Waals surface area contributed by atoms with E-state index in [1.165, 1.54) is 24.3 Å². The molecule has 5 heteroatoms. The quantitative estimate of drug-likeness (QED) is 0.592. The summed E-state index contributed by atoms with van der Waals surface area (Å²) in [5, 5.41) is 3.49. The lowest BCUT2D eigenvalue weighted by Crippen LogP contribution is -2.40. The molecule has 154 valence electrons. The largest absolute Gasteiger partial charge is 0.378 e. The second-order valence-electron chi connectivity index (χ2n) is 7.68. The molecule has 3 aromatic rings. The molecule has 1 heterocycles. The van der Waals surface area contributed by atoms with Crippen LogP contribution in [0.2, 0.25) is 0 Å². The van der Waals surface area contributed by atoms with Gasteiger partial charge in [-0.2, -0.15) is 0 Å². The van der Waals surface area contributed by atoms with Gasteiger partial charge in [0.2, 0.25) is 0 Å². The van der Waals surface area contributed by atoms with Crippen molar-refractivity contribution >= 4 is 11.6 Å². The number of amides is 1. The van der Waals surface area contributed by atoms with Crippen molar-refractivity contribution in [3.05, 3.63) is 102 Å². The number of hydrogen-bond donors (Lipinski definition) is 1. The number of halogens is 2. The predicted octanol–water partition coefficient (Wildman–Crippen LogP) is 5.67. The minimum atomic E-state index is -0.286. The van der Waals surface area contributed by atoms with Crippen LogP contribution in [0.25, 0.3) is 0 Å². The van der Waals surface area contributed by atoms with Gasteiger partial charge in [0, 0.05) is 24.3 Å². The molecule has 0 radical (unpaired) electrons. The highest BCUT2D eigenvalue weighted by Crippen LogP contribution is 2.34. The maximum atomic E-state index is 13.5. The molecule has 3 aromatic carbocycles. The Morgan fingerprint density at radius 3 is 2.00 bits per heavy atom. The summed E-state index contributed by atoms with van der Waals surface area (Å²) in [6, 6.07) is 22.0. The lowest BCUT2D eigenvalue weighted by Gasteiger charge is -2.37. The van der Waals surface area contributed by atoms with E-state index in [1.807, 2.05) is 35.2 Å². The third kappa shape index (κ3) is 4.67. The standard InChI is InChI=1S/C25H24F2N2O/c26-21-8-6-18(7-9-21)24(28-23-12-10-22(27)11-13-23)19-14-16-29(17-15-19)25(30)20-4-2-1-3-5-20/h1-13,19,24,28H,14-17H2. The highest BCUT2D eigenvalue weighted by atomic mass is 19.1. The van der Waals surface area contributed by atoms with Crippen LogP contribution in [0.3, 0.4) is 0 Å². The summed E-state index contributed by atoms with van der Waals surface area (Å²) in [7, 11) is 0. The molecule has 0 bridgehead atoms. The first kappa shape index (κ1) is 20.1. The Kier molecular flexibility index (Phi) is 6.07. The molecule has 3 nitrogen and oxygen atoms in total. The van der Waals surface area contributed by atoms with E-state index >= 15 is 0 Å². The number of hydrogen-bond acceptors (Lipinski definition) is 2. The monoisotopic (exact) mass is 406 g/mol. The summed E-state index contributed by atoms with van der Waals surface area (Å²) < 4.78 is 26.8. The van der Waals surface area contributed by atoms with Crippen LogP contribution >= 0.6 is 0 Å². The van der Waals surface area contributed by atoms with Gasteiger partial charge in [-0.15, -0.1) is 0 Å². The van der Waals surface area contributed by atoms with E-state index in [2.05, 4.69) is 5.32 Å². The van der Waals surface area contributed by atoms with E-state index in [0.29, 0.717) is 18.7 Å². The Balaban J connectivity index is 1.49. The maximum Gasteiger partial charge on any atom is 0.253 e. The third-order valence-corrected chi connectivity index (χ3v) is 5.71. The second-order valence-corrected chi connectivity index (χ2v) is 7.68. The van der Waals surface area contributed by atoms with Gasteiger partial charge in [0.25, 0.3) is 5.91 Å². The van der Waals surface area contributed by atoms with E-state index in [1.54, 1.807) is 24.3 Å². The van der Waals surface area contributed by atoms with Gasteiger partial charge >= 0.3 is 0 Å². The Morgan fingerprint density at radius 1 is 0.833 bits per heavy atom. The molecule has 1 amide bonds. The van der Waals surface area contributed by atoms with Crippen molar-refractivity contribution in [3.63, 3.8) is 0 Å². The molecule has 4 rings (SSSR count). The molecule has 0 spiro atoms. The second kappa shape index (κ2) is 9.08. The minimum absolute atomic E-state index is 0.0509. The van der Waals surface area contributed by atoms with Crippen LogP contribution in [0.15, 0.2) is 78.9 Å². The first-order chi connectivity index (χ1) is 14.6. The summed E-state index contributed by atoms with van der Waals surface area (Å²) >= 11 is 0. The highest BCUT2D eigenvalue weighted by Gasteiger charge is 2.30. The van der Waals surface area contributed by atoms with Crippen LogP contribution in [0.5, 0.6) is 0 Å². The van der Waals surface area contributed by atoms with Crippen LogP contribution < -0.4 is 5.32 Å². The zero-order valence-electron chi connectivity index (χ0n) is 16.6. The summed E-state index contributed by atoms with van der Waals surface area (Å²) in [4.78, 5) is 14.6. The highest BCUT2D eigenvalue weighted by molar-refractivity contribution is 5.94. The van der Waals surface area contributed by atoms with Gasteiger partial charge in [-0.3, -0.25) is 4.79 Å². The van der Waals surface area contributed by atoms with Crippen molar-refractivity contribution in [1.82, 2.24) is 4.90 Å². The number of rotatable bonds is 5. The molecule has 0 aliphatic carbocycles. The number of anilines is 1. The molecule has 1 atom stereocenters. The first-order valence-electron chi connectivity index (χ1n) is 10.2. The normalized spacial score (nSPS) is 15.6. The van der Waals surface area contributed by atoms with Crippen LogP contribution in [0.4, 0.5) is 14.5 Å². The van der Waals surface area contributed by atoms with Crippen LogP contribution in [0.1, 0.15) is 34.8 Å². The average molecular weight is 406 g/mol. The van der Waals surface area contributed by atoms with Gasteiger partial charge in [-0.1, -0.05) is 30.3 Å². The van der Waals surface area contributed by atoms with Crippen molar-refractivity contribution in [2.75, 3.05) is 18.4 Å². The van der Waals surface area contributed by atoms with Gasteiger partial charge < -0.3 is 10.2 Å².